The summed E-state index contributed by atoms with van der Waals surface area (Å²) >= 11 is 0. The van der Waals surface area contributed by atoms with Crippen molar-refractivity contribution < 1.29 is 19.1 Å². The predicted molar refractivity (Wildman–Crippen MR) is 58.5 cm³/mol. The molecule has 0 aromatic carbocycles. The highest BCUT2D eigenvalue weighted by Gasteiger charge is 2.14. The summed E-state index contributed by atoms with van der Waals surface area (Å²) in [5, 5.41) is 8.88. The van der Waals surface area contributed by atoms with E-state index < -0.39 is 5.97 Å². The normalized spacial score (nSPS) is 10.9. The average Bonchev–Trinajstić information content (AvgIpc) is 2.66. The lowest BCUT2D eigenvalue weighted by molar-refractivity contribution is 0.0692. The monoisotopic (exact) mass is 227 g/mol. The van der Waals surface area contributed by atoms with Crippen molar-refractivity contribution in [3.8, 4) is 0 Å². The summed E-state index contributed by atoms with van der Waals surface area (Å²) in [6.07, 6.45) is 2.32. The third-order valence-electron chi connectivity index (χ3n) is 2.28. The van der Waals surface area contributed by atoms with Gasteiger partial charge in [-0.1, -0.05) is 0 Å². The van der Waals surface area contributed by atoms with E-state index in [1.807, 2.05) is 11.9 Å². The van der Waals surface area contributed by atoms with Crippen molar-refractivity contribution in [1.82, 2.24) is 4.90 Å². The van der Waals surface area contributed by atoms with E-state index in [-0.39, 0.29) is 5.56 Å². The summed E-state index contributed by atoms with van der Waals surface area (Å²) in [4.78, 5) is 12.8. The Balaban J connectivity index is 2.46. The molecule has 16 heavy (non-hydrogen) atoms. The zero-order valence-corrected chi connectivity index (χ0v) is 9.60. The van der Waals surface area contributed by atoms with Gasteiger partial charge in [0.2, 0.25) is 0 Å². The van der Waals surface area contributed by atoms with Gasteiger partial charge >= 0.3 is 5.97 Å². The molecule has 0 spiro atoms. The van der Waals surface area contributed by atoms with E-state index in [9.17, 15) is 4.79 Å². The second kappa shape index (κ2) is 6.30. The lowest BCUT2D eigenvalue weighted by atomic mass is 10.2. The Labute approximate surface area is 94.6 Å². The third kappa shape index (κ3) is 3.67. The van der Waals surface area contributed by atoms with E-state index in [0.717, 1.165) is 13.0 Å². The Bertz CT molecular complexity index is 334. The van der Waals surface area contributed by atoms with Crippen molar-refractivity contribution in [1.29, 1.82) is 0 Å². The molecule has 0 amide bonds. The van der Waals surface area contributed by atoms with E-state index >= 15 is 0 Å². The maximum absolute atomic E-state index is 10.8. The second-order valence-electron chi connectivity index (χ2n) is 3.65. The fourth-order valence-corrected chi connectivity index (χ4v) is 1.46. The molecule has 5 heteroatoms. The van der Waals surface area contributed by atoms with Crippen LogP contribution in [0.15, 0.2) is 16.7 Å². The molecule has 1 heterocycles. The third-order valence-corrected chi connectivity index (χ3v) is 2.28. The molecule has 0 aliphatic carbocycles. The molecule has 1 rings (SSSR count). The van der Waals surface area contributed by atoms with Crippen molar-refractivity contribution >= 4 is 5.97 Å². The van der Waals surface area contributed by atoms with Crippen LogP contribution in [0.4, 0.5) is 0 Å². The SMILES string of the molecule is COCCCN(C)Cc1occc1C(=O)O. The molecule has 0 bridgehead atoms. The number of carbonyl (C=O) groups is 1. The molecular formula is C11H17NO4. The van der Waals surface area contributed by atoms with E-state index in [0.29, 0.717) is 18.9 Å². The van der Waals surface area contributed by atoms with Gasteiger partial charge in [0.1, 0.15) is 11.3 Å². The van der Waals surface area contributed by atoms with Gasteiger partial charge in [-0.3, -0.25) is 4.90 Å². The maximum Gasteiger partial charge on any atom is 0.339 e. The first-order chi connectivity index (χ1) is 7.65. The van der Waals surface area contributed by atoms with E-state index in [1.54, 1.807) is 7.11 Å². The molecule has 0 saturated carbocycles. The molecule has 0 aliphatic heterocycles. The average molecular weight is 227 g/mol. The first-order valence-electron chi connectivity index (χ1n) is 5.12. The van der Waals surface area contributed by atoms with Crippen LogP contribution in [0.1, 0.15) is 22.5 Å². The number of methoxy groups -OCH3 is 1. The van der Waals surface area contributed by atoms with Gasteiger partial charge in [0.15, 0.2) is 0 Å². The zero-order valence-electron chi connectivity index (χ0n) is 9.60. The minimum absolute atomic E-state index is 0.235. The van der Waals surface area contributed by atoms with E-state index in [2.05, 4.69) is 0 Å². The minimum atomic E-state index is -0.950. The molecule has 0 radical (unpaired) electrons. The van der Waals surface area contributed by atoms with Gasteiger partial charge in [0.05, 0.1) is 12.8 Å². The Hall–Kier alpha value is -1.33. The number of ether oxygens (including phenoxy) is 1. The van der Waals surface area contributed by atoms with Crippen LogP contribution in [0.3, 0.4) is 0 Å². The van der Waals surface area contributed by atoms with Gasteiger partial charge in [-0.25, -0.2) is 4.79 Å². The quantitative estimate of drug-likeness (QED) is 0.714. The topological polar surface area (TPSA) is 62.9 Å². The molecule has 90 valence electrons. The summed E-state index contributed by atoms with van der Waals surface area (Å²) in [6.45, 7) is 2.04. The summed E-state index contributed by atoms with van der Waals surface area (Å²) in [5.74, 6) is -0.457. The van der Waals surface area contributed by atoms with Gasteiger partial charge < -0.3 is 14.3 Å². The van der Waals surface area contributed by atoms with E-state index in [1.165, 1.54) is 12.3 Å². The van der Waals surface area contributed by atoms with Gasteiger partial charge in [0.25, 0.3) is 0 Å². The second-order valence-corrected chi connectivity index (χ2v) is 3.65. The lowest BCUT2D eigenvalue weighted by Gasteiger charge is -2.14. The largest absolute Gasteiger partial charge is 0.478 e. The van der Waals surface area contributed by atoms with Crippen molar-refractivity contribution in [3.05, 3.63) is 23.7 Å². The van der Waals surface area contributed by atoms with Crippen LogP contribution in [-0.2, 0) is 11.3 Å². The summed E-state index contributed by atoms with van der Waals surface area (Å²) in [6, 6.07) is 1.47. The number of rotatable bonds is 7. The molecule has 0 atom stereocenters. The van der Waals surface area contributed by atoms with Crippen molar-refractivity contribution in [3.63, 3.8) is 0 Å². The molecule has 1 aromatic rings. The number of aromatic carboxylic acids is 1. The predicted octanol–water partition coefficient (Wildman–Crippen LogP) is 1.45. The first-order valence-corrected chi connectivity index (χ1v) is 5.12. The molecule has 0 unspecified atom stereocenters. The summed E-state index contributed by atoms with van der Waals surface area (Å²) < 4.78 is 10.1. The first kappa shape index (κ1) is 12.7. The van der Waals surface area contributed by atoms with Crippen LogP contribution in [0.2, 0.25) is 0 Å². The van der Waals surface area contributed by atoms with Gasteiger partial charge in [-0.15, -0.1) is 0 Å². The van der Waals surface area contributed by atoms with Crippen molar-refractivity contribution in [2.24, 2.45) is 0 Å². The number of carboxylic acid groups (broad SMARTS) is 1. The Morgan fingerprint density at radius 2 is 2.38 bits per heavy atom. The highest BCUT2D eigenvalue weighted by atomic mass is 16.5. The zero-order chi connectivity index (χ0) is 12.0. The van der Waals surface area contributed by atoms with Crippen molar-refractivity contribution in [2.75, 3.05) is 27.3 Å². The molecule has 0 fully saturated rings. The van der Waals surface area contributed by atoms with Crippen LogP contribution >= 0.6 is 0 Å². The highest BCUT2D eigenvalue weighted by Crippen LogP contribution is 2.12. The minimum Gasteiger partial charge on any atom is -0.478 e. The Morgan fingerprint density at radius 1 is 1.62 bits per heavy atom. The smallest absolute Gasteiger partial charge is 0.339 e. The molecule has 1 N–H and O–H groups in total. The van der Waals surface area contributed by atoms with E-state index in [4.69, 9.17) is 14.3 Å². The highest BCUT2D eigenvalue weighted by molar-refractivity contribution is 5.88. The van der Waals surface area contributed by atoms with Crippen molar-refractivity contribution in [2.45, 2.75) is 13.0 Å². The number of carboxylic acids is 1. The van der Waals surface area contributed by atoms with Gasteiger partial charge in [-0.2, -0.15) is 0 Å². The number of furan rings is 1. The van der Waals surface area contributed by atoms with Crippen LogP contribution in [-0.4, -0.2) is 43.3 Å². The standard InChI is InChI=1S/C11H17NO4/c1-12(5-3-6-15-2)8-10-9(11(13)14)4-7-16-10/h4,7H,3,5-6,8H2,1-2H3,(H,13,14). The van der Waals surface area contributed by atoms with Gasteiger partial charge in [-0.05, 0) is 19.5 Å². The number of hydrogen-bond acceptors (Lipinski definition) is 4. The summed E-state index contributed by atoms with van der Waals surface area (Å²) in [7, 11) is 3.58. The fraction of sp³-hybridized carbons (Fsp3) is 0.545. The van der Waals surface area contributed by atoms with Crippen LogP contribution in [0.5, 0.6) is 0 Å². The maximum atomic E-state index is 10.8. The van der Waals surface area contributed by atoms with Crippen LogP contribution in [0.25, 0.3) is 0 Å². The molecule has 0 saturated heterocycles. The molecular weight excluding hydrogens is 210 g/mol. The van der Waals surface area contributed by atoms with Gasteiger partial charge in [0, 0.05) is 20.3 Å². The van der Waals surface area contributed by atoms with Crippen LogP contribution in [0, 0.1) is 0 Å². The van der Waals surface area contributed by atoms with Crippen LogP contribution < -0.4 is 0 Å². The molecule has 1 aromatic heterocycles. The fourth-order valence-electron chi connectivity index (χ4n) is 1.46. The number of hydrogen-bond donors (Lipinski definition) is 1. The molecule has 5 nitrogen and oxygen atoms in total. The summed E-state index contributed by atoms with van der Waals surface area (Å²) in [5.41, 5.74) is 0.235. The number of nitrogens with zero attached hydrogens (tertiary/aromatic N) is 1. The Morgan fingerprint density at radius 3 is 3.00 bits per heavy atom. The Kier molecular flexibility index (Phi) is 5.01. The molecule has 0 aliphatic rings. The lowest BCUT2D eigenvalue weighted by Crippen LogP contribution is -2.21.